The molecule has 0 spiro atoms. The molecule has 9 heteroatoms. The summed E-state index contributed by atoms with van der Waals surface area (Å²) in [5, 5.41) is 2.54. The fraction of sp³-hybridized carbons (Fsp3) is 0.600. The van der Waals surface area contributed by atoms with Crippen LogP contribution in [-0.2, 0) is 24.4 Å². The molecule has 0 aliphatic rings. The molecule has 0 radical (unpaired) electrons. The van der Waals surface area contributed by atoms with E-state index in [1.54, 1.807) is 6.92 Å². The number of aromatic amines is 1. The van der Waals surface area contributed by atoms with Gasteiger partial charge in [0.25, 0.3) is 5.56 Å². The number of imidazole rings is 1. The predicted molar refractivity (Wildman–Crippen MR) is 89.1 cm³/mol. The maximum Gasteiger partial charge on any atom is 0.407 e. The first-order chi connectivity index (χ1) is 11.5. The molecular formula is C15H23N5O4. The number of nitrogens with zero attached hydrogens (tertiary/aromatic N) is 3. The van der Waals surface area contributed by atoms with Crippen molar-refractivity contribution in [3.63, 3.8) is 0 Å². The van der Waals surface area contributed by atoms with Crippen LogP contribution in [0.25, 0.3) is 11.2 Å². The van der Waals surface area contributed by atoms with E-state index in [-0.39, 0.29) is 29.9 Å². The highest BCUT2D eigenvalue weighted by atomic mass is 16.5. The number of hydrogen-bond donors (Lipinski definition) is 2. The Morgan fingerprint density at radius 3 is 2.46 bits per heavy atom. The normalized spacial score (nSPS) is 11.0. The number of alkyl carbamates (subject to hydrolysis) is 1. The molecule has 2 rings (SSSR count). The van der Waals surface area contributed by atoms with Crippen molar-refractivity contribution in [2.45, 2.75) is 53.2 Å². The zero-order chi connectivity index (χ0) is 17.7. The molecule has 2 aromatic rings. The Labute approximate surface area is 138 Å². The molecule has 24 heavy (non-hydrogen) atoms. The zero-order valence-electron chi connectivity index (χ0n) is 14.2. The average molecular weight is 337 g/mol. The summed E-state index contributed by atoms with van der Waals surface area (Å²) in [5.41, 5.74) is -0.149. The summed E-state index contributed by atoms with van der Waals surface area (Å²) in [6.07, 6.45) is 0.855. The Balaban J connectivity index is 2.47. The lowest BCUT2D eigenvalue weighted by Gasteiger charge is -2.09. The van der Waals surface area contributed by atoms with Crippen LogP contribution in [0.15, 0.2) is 9.59 Å². The molecule has 132 valence electrons. The minimum absolute atomic E-state index is 0.0844. The fourth-order valence-corrected chi connectivity index (χ4v) is 2.48. The Hall–Kier alpha value is -2.58. The van der Waals surface area contributed by atoms with Crippen LogP contribution in [0.1, 0.15) is 39.4 Å². The van der Waals surface area contributed by atoms with Crippen molar-refractivity contribution < 1.29 is 9.53 Å². The molecule has 1 amide bonds. The first-order valence-electron chi connectivity index (χ1n) is 8.16. The van der Waals surface area contributed by atoms with Gasteiger partial charge in [0.15, 0.2) is 5.65 Å². The molecule has 0 unspecified atom stereocenters. The van der Waals surface area contributed by atoms with E-state index in [1.807, 2.05) is 13.8 Å². The molecule has 0 aliphatic carbocycles. The van der Waals surface area contributed by atoms with Gasteiger partial charge in [-0.25, -0.2) is 14.6 Å². The summed E-state index contributed by atoms with van der Waals surface area (Å²) in [5.74, 6) is 0.397. The van der Waals surface area contributed by atoms with Gasteiger partial charge >= 0.3 is 11.8 Å². The van der Waals surface area contributed by atoms with E-state index in [4.69, 9.17) is 4.74 Å². The summed E-state index contributed by atoms with van der Waals surface area (Å²) in [6, 6.07) is 0. The number of H-pyrrole nitrogens is 1. The minimum atomic E-state index is -0.563. The van der Waals surface area contributed by atoms with Gasteiger partial charge in [-0.3, -0.25) is 13.9 Å². The second kappa shape index (κ2) is 7.80. The lowest BCUT2D eigenvalue weighted by atomic mass is 10.4. The first-order valence-corrected chi connectivity index (χ1v) is 8.16. The first kappa shape index (κ1) is 17.8. The number of hydrogen-bond acceptors (Lipinski definition) is 5. The number of carbonyl (C=O) groups excluding carboxylic acids is 1. The number of aromatic nitrogens is 4. The smallest absolute Gasteiger partial charge is 0.407 e. The van der Waals surface area contributed by atoms with Gasteiger partial charge in [0.1, 0.15) is 11.3 Å². The summed E-state index contributed by atoms with van der Waals surface area (Å²) >= 11 is 0. The Kier molecular flexibility index (Phi) is 5.78. The molecule has 2 N–H and O–H groups in total. The van der Waals surface area contributed by atoms with Crippen LogP contribution < -0.4 is 16.6 Å². The van der Waals surface area contributed by atoms with Gasteiger partial charge in [-0.2, -0.15) is 0 Å². The number of fused-ring (bicyclic) bond motifs is 1. The van der Waals surface area contributed by atoms with Crippen LogP contribution in [0, 0.1) is 0 Å². The van der Waals surface area contributed by atoms with E-state index in [0.29, 0.717) is 31.0 Å². The number of rotatable bonds is 7. The Morgan fingerprint density at radius 1 is 1.17 bits per heavy atom. The van der Waals surface area contributed by atoms with Crippen molar-refractivity contribution in [2.75, 3.05) is 6.61 Å². The molecule has 0 atom stereocenters. The van der Waals surface area contributed by atoms with E-state index >= 15 is 0 Å². The van der Waals surface area contributed by atoms with Gasteiger partial charge in [0.05, 0.1) is 13.2 Å². The highest BCUT2D eigenvalue weighted by molar-refractivity contribution is 5.70. The van der Waals surface area contributed by atoms with Crippen molar-refractivity contribution >= 4 is 17.3 Å². The summed E-state index contributed by atoms with van der Waals surface area (Å²) in [6.45, 7) is 6.73. The third-order valence-corrected chi connectivity index (χ3v) is 3.48. The number of carbonyl (C=O) groups is 1. The van der Waals surface area contributed by atoms with E-state index in [1.165, 1.54) is 9.13 Å². The second-order valence-corrected chi connectivity index (χ2v) is 5.35. The molecule has 0 saturated heterocycles. The lowest BCUT2D eigenvalue weighted by Crippen LogP contribution is -2.40. The highest BCUT2D eigenvalue weighted by Crippen LogP contribution is 2.06. The molecule has 0 saturated carbocycles. The molecule has 0 aromatic carbocycles. The quantitative estimate of drug-likeness (QED) is 0.781. The molecule has 2 heterocycles. The predicted octanol–water partition coefficient (Wildman–Crippen LogP) is 0.952. The monoisotopic (exact) mass is 337 g/mol. The SMILES string of the molecule is CCCn1c(=O)c2[nH]c(CNC(=O)OCC)nc2n(CCC)c1=O. The van der Waals surface area contributed by atoms with Gasteiger partial charge in [0.2, 0.25) is 0 Å². The zero-order valence-corrected chi connectivity index (χ0v) is 14.2. The fourth-order valence-electron chi connectivity index (χ4n) is 2.48. The van der Waals surface area contributed by atoms with Gasteiger partial charge in [-0.05, 0) is 19.8 Å². The van der Waals surface area contributed by atoms with E-state index in [0.717, 1.165) is 6.42 Å². The van der Waals surface area contributed by atoms with Crippen molar-refractivity contribution in [3.8, 4) is 0 Å². The average Bonchev–Trinajstić information content (AvgIpc) is 2.98. The third-order valence-electron chi connectivity index (χ3n) is 3.48. The standard InChI is InChI=1S/C15H23N5O4/c1-4-7-19-12-11(13(21)20(8-5-2)15(19)23)17-10(18-12)9-16-14(22)24-6-3/h4-9H2,1-3H3,(H,16,22)(H,17,18). The van der Waals surface area contributed by atoms with Crippen LogP contribution in [0.3, 0.4) is 0 Å². The Bertz CT molecular complexity index is 833. The van der Waals surface area contributed by atoms with Crippen LogP contribution >= 0.6 is 0 Å². The van der Waals surface area contributed by atoms with Crippen molar-refractivity contribution in [1.82, 2.24) is 24.4 Å². The molecule has 0 fully saturated rings. The van der Waals surface area contributed by atoms with Crippen molar-refractivity contribution in [2.24, 2.45) is 0 Å². The van der Waals surface area contributed by atoms with Crippen LogP contribution in [0.2, 0.25) is 0 Å². The van der Waals surface area contributed by atoms with Crippen LogP contribution in [0.5, 0.6) is 0 Å². The number of nitrogens with one attached hydrogen (secondary N) is 2. The Morgan fingerprint density at radius 2 is 1.83 bits per heavy atom. The van der Waals surface area contributed by atoms with E-state index in [9.17, 15) is 14.4 Å². The summed E-state index contributed by atoms with van der Waals surface area (Å²) < 4.78 is 7.50. The number of ether oxygens (including phenoxy) is 1. The van der Waals surface area contributed by atoms with Gasteiger partial charge < -0.3 is 15.0 Å². The van der Waals surface area contributed by atoms with Crippen LogP contribution in [0.4, 0.5) is 4.79 Å². The number of amides is 1. The molecule has 0 aliphatic heterocycles. The third kappa shape index (κ3) is 3.50. The summed E-state index contributed by atoms with van der Waals surface area (Å²) in [7, 11) is 0. The van der Waals surface area contributed by atoms with E-state index < -0.39 is 6.09 Å². The molecular weight excluding hydrogens is 314 g/mol. The maximum absolute atomic E-state index is 12.5. The lowest BCUT2D eigenvalue weighted by molar-refractivity contribution is 0.151. The maximum atomic E-state index is 12.5. The second-order valence-electron chi connectivity index (χ2n) is 5.35. The van der Waals surface area contributed by atoms with Gasteiger partial charge in [0, 0.05) is 13.1 Å². The van der Waals surface area contributed by atoms with Crippen LogP contribution in [-0.4, -0.2) is 31.8 Å². The molecule has 9 nitrogen and oxygen atoms in total. The van der Waals surface area contributed by atoms with Gasteiger partial charge in [-0.1, -0.05) is 13.8 Å². The topological polar surface area (TPSA) is 111 Å². The number of aryl methyl sites for hydroxylation is 1. The van der Waals surface area contributed by atoms with Crippen molar-refractivity contribution in [3.05, 3.63) is 26.7 Å². The highest BCUT2D eigenvalue weighted by Gasteiger charge is 2.16. The summed E-state index contributed by atoms with van der Waals surface area (Å²) in [4.78, 5) is 43.6. The molecule has 0 bridgehead atoms. The minimum Gasteiger partial charge on any atom is -0.450 e. The largest absolute Gasteiger partial charge is 0.450 e. The van der Waals surface area contributed by atoms with Gasteiger partial charge in [-0.15, -0.1) is 0 Å². The molecule has 2 aromatic heterocycles. The van der Waals surface area contributed by atoms with E-state index in [2.05, 4.69) is 15.3 Å². The van der Waals surface area contributed by atoms with Crippen molar-refractivity contribution in [1.29, 1.82) is 0 Å².